The molecule has 0 aliphatic carbocycles. The molecule has 2 aromatic rings. The van der Waals surface area contributed by atoms with E-state index in [2.05, 4.69) is 0 Å². The molecule has 0 atom stereocenters. The summed E-state index contributed by atoms with van der Waals surface area (Å²) >= 11 is 0. The zero-order valence-electron chi connectivity index (χ0n) is 12.5. The summed E-state index contributed by atoms with van der Waals surface area (Å²) in [6.07, 6.45) is 0. The van der Waals surface area contributed by atoms with Crippen LogP contribution in [-0.2, 0) is 13.2 Å². The fourth-order valence-corrected chi connectivity index (χ4v) is 1.75. The number of hydrogen-bond acceptors (Lipinski definition) is 6. The van der Waals surface area contributed by atoms with Gasteiger partial charge in [0.25, 0.3) is 0 Å². The lowest BCUT2D eigenvalue weighted by Crippen LogP contribution is -1.90. The Hall–Kier alpha value is -2.44. The number of rotatable bonds is 4. The Bertz CT molecular complexity index is 544. The monoisotopic (exact) mass is 308 g/mol. The molecule has 0 heterocycles. The summed E-state index contributed by atoms with van der Waals surface area (Å²) < 4.78 is 9.82. The summed E-state index contributed by atoms with van der Waals surface area (Å²) in [5, 5.41) is 35.6. The van der Waals surface area contributed by atoms with Gasteiger partial charge in [0.2, 0.25) is 0 Å². The topological polar surface area (TPSA) is 99.4 Å². The van der Waals surface area contributed by atoms with Crippen molar-refractivity contribution < 1.29 is 29.9 Å². The first-order valence-corrected chi connectivity index (χ1v) is 6.49. The predicted molar refractivity (Wildman–Crippen MR) is 81.2 cm³/mol. The molecule has 0 bridgehead atoms. The van der Waals surface area contributed by atoms with Crippen LogP contribution in [0.15, 0.2) is 36.4 Å². The van der Waals surface area contributed by atoms with E-state index in [4.69, 9.17) is 29.9 Å². The number of aliphatic hydroxyl groups is 2. The van der Waals surface area contributed by atoms with Crippen LogP contribution >= 0.6 is 0 Å². The molecule has 2 aromatic carbocycles. The third-order valence-corrected chi connectivity index (χ3v) is 2.88. The normalized spacial score (nSPS) is 9.64. The van der Waals surface area contributed by atoms with E-state index < -0.39 is 0 Å². The third-order valence-electron chi connectivity index (χ3n) is 2.88. The minimum Gasteiger partial charge on any atom is -0.508 e. The van der Waals surface area contributed by atoms with E-state index in [0.29, 0.717) is 22.6 Å². The van der Waals surface area contributed by atoms with Crippen LogP contribution in [0.5, 0.6) is 23.0 Å². The quantitative estimate of drug-likeness (QED) is 0.687. The Labute approximate surface area is 128 Å². The highest BCUT2D eigenvalue weighted by molar-refractivity contribution is 5.40. The van der Waals surface area contributed by atoms with E-state index in [1.807, 2.05) is 0 Å². The highest BCUT2D eigenvalue weighted by Crippen LogP contribution is 2.23. The molecular weight excluding hydrogens is 288 g/mol. The van der Waals surface area contributed by atoms with Gasteiger partial charge >= 0.3 is 0 Å². The summed E-state index contributed by atoms with van der Waals surface area (Å²) in [4.78, 5) is 0. The minimum atomic E-state index is -0.127. The lowest BCUT2D eigenvalue weighted by Gasteiger charge is -2.05. The zero-order valence-corrected chi connectivity index (χ0v) is 12.5. The number of benzene rings is 2. The van der Waals surface area contributed by atoms with Crippen LogP contribution in [0.3, 0.4) is 0 Å². The molecule has 0 saturated heterocycles. The van der Waals surface area contributed by atoms with Gasteiger partial charge in [-0.15, -0.1) is 0 Å². The summed E-state index contributed by atoms with van der Waals surface area (Å²) in [6.45, 7) is -0.207. The predicted octanol–water partition coefficient (Wildman–Crippen LogP) is 1.79. The molecule has 120 valence electrons. The van der Waals surface area contributed by atoms with Crippen LogP contribution < -0.4 is 9.47 Å². The molecule has 0 aliphatic rings. The summed E-state index contributed by atoms with van der Waals surface area (Å²) in [5.41, 5.74) is 1.26. The van der Waals surface area contributed by atoms with Crippen molar-refractivity contribution in [3.8, 4) is 23.0 Å². The van der Waals surface area contributed by atoms with Crippen molar-refractivity contribution >= 4 is 0 Å². The molecule has 2 rings (SSSR count). The van der Waals surface area contributed by atoms with Crippen LogP contribution in [0.2, 0.25) is 0 Å². The fourth-order valence-electron chi connectivity index (χ4n) is 1.75. The van der Waals surface area contributed by atoms with Gasteiger partial charge in [-0.05, 0) is 30.3 Å². The molecule has 0 fully saturated rings. The van der Waals surface area contributed by atoms with Gasteiger partial charge in [-0.25, -0.2) is 0 Å². The lowest BCUT2D eigenvalue weighted by atomic mass is 10.2. The minimum absolute atomic E-state index is 0.0799. The lowest BCUT2D eigenvalue weighted by molar-refractivity contribution is 0.273. The summed E-state index contributed by atoms with van der Waals surface area (Å²) in [7, 11) is 3.01. The summed E-state index contributed by atoms with van der Waals surface area (Å²) in [6, 6.07) is 9.19. The van der Waals surface area contributed by atoms with Crippen LogP contribution in [0, 0.1) is 0 Å². The number of phenolic OH excluding ortho intramolecular Hbond substituents is 2. The van der Waals surface area contributed by atoms with Crippen LogP contribution in [0.4, 0.5) is 0 Å². The number of ether oxygens (including phenoxy) is 2. The molecule has 6 nitrogen and oxygen atoms in total. The Morgan fingerprint density at radius 3 is 1.82 bits per heavy atom. The van der Waals surface area contributed by atoms with Crippen molar-refractivity contribution in [1.29, 1.82) is 0 Å². The molecular formula is C16H20O6. The maximum Gasteiger partial charge on any atom is 0.128 e. The zero-order chi connectivity index (χ0) is 16.5. The van der Waals surface area contributed by atoms with Crippen LogP contribution in [0.25, 0.3) is 0 Å². The number of aliphatic hydroxyl groups excluding tert-OH is 2. The van der Waals surface area contributed by atoms with Gasteiger partial charge in [-0.3, -0.25) is 0 Å². The molecule has 0 amide bonds. The van der Waals surface area contributed by atoms with E-state index in [0.717, 1.165) is 0 Å². The van der Waals surface area contributed by atoms with Crippen molar-refractivity contribution in [3.63, 3.8) is 0 Å². The Balaban J connectivity index is 0.000000220. The molecule has 0 radical (unpaired) electrons. The Kier molecular flexibility index (Phi) is 7.01. The number of phenols is 2. The van der Waals surface area contributed by atoms with Crippen molar-refractivity contribution in [2.75, 3.05) is 14.2 Å². The molecule has 4 N–H and O–H groups in total. The second-order valence-corrected chi connectivity index (χ2v) is 4.31. The SMILES string of the molecule is COc1cc(O)ccc1CO.COc1ccc(O)cc1CO. The van der Waals surface area contributed by atoms with Gasteiger partial charge in [-0.2, -0.15) is 0 Å². The maximum absolute atomic E-state index is 9.00. The van der Waals surface area contributed by atoms with Crippen LogP contribution in [-0.4, -0.2) is 34.6 Å². The van der Waals surface area contributed by atoms with Gasteiger partial charge in [0.15, 0.2) is 0 Å². The number of methoxy groups -OCH3 is 2. The van der Waals surface area contributed by atoms with Crippen molar-refractivity contribution in [2.45, 2.75) is 13.2 Å². The molecule has 22 heavy (non-hydrogen) atoms. The van der Waals surface area contributed by atoms with E-state index in [1.165, 1.54) is 38.5 Å². The largest absolute Gasteiger partial charge is 0.508 e. The average Bonchev–Trinajstić information content (AvgIpc) is 2.55. The van der Waals surface area contributed by atoms with Crippen molar-refractivity contribution in [2.24, 2.45) is 0 Å². The molecule has 0 spiro atoms. The third kappa shape index (κ3) is 4.83. The Morgan fingerprint density at radius 1 is 0.727 bits per heavy atom. The van der Waals surface area contributed by atoms with E-state index in [-0.39, 0.29) is 24.7 Å². The van der Waals surface area contributed by atoms with Gasteiger partial charge < -0.3 is 29.9 Å². The average molecular weight is 308 g/mol. The smallest absolute Gasteiger partial charge is 0.128 e. The standard InChI is InChI=1S/2C8H10O3/c1-11-8-3-2-7(10)4-6(8)5-9;1-11-8-4-7(10)3-2-6(8)5-9/h2*2-4,9-10H,5H2,1H3. The highest BCUT2D eigenvalue weighted by atomic mass is 16.5. The van der Waals surface area contributed by atoms with Gasteiger partial charge in [0.05, 0.1) is 27.4 Å². The van der Waals surface area contributed by atoms with Crippen LogP contribution in [0.1, 0.15) is 11.1 Å². The first-order valence-electron chi connectivity index (χ1n) is 6.49. The summed E-state index contributed by atoms with van der Waals surface area (Å²) in [5.74, 6) is 1.37. The molecule has 6 heteroatoms. The van der Waals surface area contributed by atoms with Gasteiger partial charge in [-0.1, -0.05) is 0 Å². The van der Waals surface area contributed by atoms with E-state index in [1.54, 1.807) is 12.1 Å². The second kappa shape index (κ2) is 8.76. The van der Waals surface area contributed by atoms with Gasteiger partial charge in [0, 0.05) is 17.2 Å². The number of aromatic hydroxyl groups is 2. The first kappa shape index (κ1) is 17.6. The Morgan fingerprint density at radius 2 is 1.27 bits per heavy atom. The molecule has 0 aliphatic heterocycles. The fraction of sp³-hybridized carbons (Fsp3) is 0.250. The second-order valence-electron chi connectivity index (χ2n) is 4.31. The highest BCUT2D eigenvalue weighted by Gasteiger charge is 2.01. The molecule has 0 saturated carbocycles. The van der Waals surface area contributed by atoms with Crippen molar-refractivity contribution in [3.05, 3.63) is 47.5 Å². The molecule has 0 aromatic heterocycles. The van der Waals surface area contributed by atoms with Gasteiger partial charge in [0.1, 0.15) is 23.0 Å². The van der Waals surface area contributed by atoms with E-state index >= 15 is 0 Å². The maximum atomic E-state index is 9.00. The molecule has 0 unspecified atom stereocenters. The number of hydrogen-bond donors (Lipinski definition) is 4. The van der Waals surface area contributed by atoms with E-state index in [9.17, 15) is 0 Å². The first-order chi connectivity index (χ1) is 10.5. The van der Waals surface area contributed by atoms with Crippen molar-refractivity contribution in [1.82, 2.24) is 0 Å².